The van der Waals surface area contributed by atoms with E-state index in [1.165, 1.54) is 6.07 Å². The zero-order valence-electron chi connectivity index (χ0n) is 10.7. The van der Waals surface area contributed by atoms with Gasteiger partial charge in [-0.05, 0) is 18.1 Å². The molecule has 0 N–H and O–H groups in total. The number of hydrogen-bond acceptors (Lipinski definition) is 3. The van der Waals surface area contributed by atoms with Crippen LogP contribution in [0.5, 0.6) is 5.75 Å². The zero-order valence-corrected chi connectivity index (χ0v) is 12.3. The van der Waals surface area contributed by atoms with Crippen molar-refractivity contribution >= 4 is 21.6 Å². The summed E-state index contributed by atoms with van der Waals surface area (Å²) in [5.74, 6) is 0.298. The van der Waals surface area contributed by atoms with Gasteiger partial charge in [-0.1, -0.05) is 58.4 Å². The number of benzene rings is 2. The molecule has 2 aromatic rings. The lowest BCUT2D eigenvalue weighted by Gasteiger charge is -2.18. The van der Waals surface area contributed by atoms with Crippen molar-refractivity contribution in [2.75, 3.05) is 5.33 Å². The summed E-state index contributed by atoms with van der Waals surface area (Å²) in [6.45, 7) is 0. The van der Waals surface area contributed by atoms with Crippen LogP contribution >= 0.6 is 15.9 Å². The molecule has 1 unspecified atom stereocenters. The fourth-order valence-corrected chi connectivity index (χ4v) is 2.34. The van der Waals surface area contributed by atoms with Gasteiger partial charge < -0.3 is 4.74 Å². The van der Waals surface area contributed by atoms with Gasteiger partial charge >= 0.3 is 5.69 Å². The molecule has 0 aliphatic carbocycles. The van der Waals surface area contributed by atoms with Crippen LogP contribution in [-0.2, 0) is 0 Å². The molecule has 1 atom stereocenters. The van der Waals surface area contributed by atoms with Crippen LogP contribution in [-0.4, -0.2) is 10.3 Å². The van der Waals surface area contributed by atoms with Crippen LogP contribution in [0.1, 0.15) is 18.1 Å². The van der Waals surface area contributed by atoms with Crippen LogP contribution in [0, 0.1) is 10.1 Å². The topological polar surface area (TPSA) is 52.4 Å². The molecule has 4 nitrogen and oxygen atoms in total. The Balaban J connectivity index is 2.27. The molecule has 0 spiro atoms. The van der Waals surface area contributed by atoms with E-state index >= 15 is 0 Å². The second-order valence-electron chi connectivity index (χ2n) is 4.22. The fourth-order valence-electron chi connectivity index (χ4n) is 1.92. The molecule has 2 aromatic carbocycles. The Morgan fingerprint density at radius 3 is 2.40 bits per heavy atom. The molecule has 0 aromatic heterocycles. The molecule has 5 heteroatoms. The summed E-state index contributed by atoms with van der Waals surface area (Å²) in [5.41, 5.74) is 0.994. The highest BCUT2D eigenvalue weighted by atomic mass is 79.9. The van der Waals surface area contributed by atoms with Gasteiger partial charge in [0.2, 0.25) is 0 Å². The molecule has 0 radical (unpaired) electrons. The monoisotopic (exact) mass is 335 g/mol. The number of hydrogen-bond donors (Lipinski definition) is 0. The van der Waals surface area contributed by atoms with Crippen molar-refractivity contribution in [1.82, 2.24) is 0 Å². The van der Waals surface area contributed by atoms with Crippen molar-refractivity contribution in [3.63, 3.8) is 0 Å². The number of rotatable bonds is 6. The smallest absolute Gasteiger partial charge is 0.310 e. The lowest BCUT2D eigenvalue weighted by Crippen LogP contribution is -2.09. The average molecular weight is 336 g/mol. The molecule has 0 saturated heterocycles. The molecule has 0 heterocycles. The van der Waals surface area contributed by atoms with Crippen LogP contribution in [0.3, 0.4) is 0 Å². The summed E-state index contributed by atoms with van der Waals surface area (Å²) in [5, 5.41) is 11.8. The van der Waals surface area contributed by atoms with E-state index in [-0.39, 0.29) is 11.8 Å². The molecule has 0 aliphatic rings. The Morgan fingerprint density at radius 1 is 1.10 bits per heavy atom. The Labute approximate surface area is 125 Å². The molecule has 2 rings (SSSR count). The second-order valence-corrected chi connectivity index (χ2v) is 5.01. The Morgan fingerprint density at radius 2 is 1.75 bits per heavy atom. The first kappa shape index (κ1) is 14.5. The van der Waals surface area contributed by atoms with Gasteiger partial charge in [0.05, 0.1) is 4.92 Å². The maximum absolute atomic E-state index is 11.0. The minimum atomic E-state index is -0.425. The van der Waals surface area contributed by atoms with E-state index < -0.39 is 4.92 Å². The minimum absolute atomic E-state index is 0.0111. The molecule has 20 heavy (non-hydrogen) atoms. The number of nitro groups is 1. The first-order valence-corrected chi connectivity index (χ1v) is 7.35. The van der Waals surface area contributed by atoms with Crippen molar-refractivity contribution < 1.29 is 9.66 Å². The fraction of sp³-hybridized carbons (Fsp3) is 0.200. The molecule has 104 valence electrons. The van der Waals surface area contributed by atoms with E-state index in [2.05, 4.69) is 15.9 Å². The normalized spacial score (nSPS) is 11.8. The van der Waals surface area contributed by atoms with Gasteiger partial charge in [-0.25, -0.2) is 0 Å². The highest BCUT2D eigenvalue weighted by Crippen LogP contribution is 2.32. The first-order valence-electron chi connectivity index (χ1n) is 6.23. The van der Waals surface area contributed by atoms with Crippen molar-refractivity contribution in [3.05, 3.63) is 70.3 Å². The highest BCUT2D eigenvalue weighted by Gasteiger charge is 2.19. The van der Waals surface area contributed by atoms with Crippen molar-refractivity contribution in [2.45, 2.75) is 12.5 Å². The van der Waals surface area contributed by atoms with E-state index in [0.717, 1.165) is 17.3 Å². The Kier molecular flexibility index (Phi) is 5.12. The highest BCUT2D eigenvalue weighted by molar-refractivity contribution is 9.09. The summed E-state index contributed by atoms with van der Waals surface area (Å²) in [4.78, 5) is 10.6. The summed E-state index contributed by atoms with van der Waals surface area (Å²) in [7, 11) is 0. The van der Waals surface area contributed by atoms with Gasteiger partial charge in [0.1, 0.15) is 6.10 Å². The third-order valence-electron chi connectivity index (χ3n) is 2.87. The van der Waals surface area contributed by atoms with E-state index in [4.69, 9.17) is 4.74 Å². The van der Waals surface area contributed by atoms with Crippen LogP contribution in [0.15, 0.2) is 54.6 Å². The predicted molar refractivity (Wildman–Crippen MR) is 81.3 cm³/mol. The maximum atomic E-state index is 11.0. The number of alkyl halides is 1. The summed E-state index contributed by atoms with van der Waals surface area (Å²) < 4.78 is 5.86. The van der Waals surface area contributed by atoms with Gasteiger partial charge in [0.15, 0.2) is 5.75 Å². The first-order chi connectivity index (χ1) is 9.72. The molecule has 0 amide bonds. The molecular weight excluding hydrogens is 322 g/mol. The van der Waals surface area contributed by atoms with Crippen LogP contribution in [0.2, 0.25) is 0 Å². The lowest BCUT2D eigenvalue weighted by atomic mass is 10.1. The van der Waals surface area contributed by atoms with Crippen LogP contribution < -0.4 is 4.74 Å². The number of halogens is 1. The van der Waals surface area contributed by atoms with Gasteiger partial charge in [0, 0.05) is 11.4 Å². The van der Waals surface area contributed by atoms with Crippen molar-refractivity contribution in [2.24, 2.45) is 0 Å². The largest absolute Gasteiger partial charge is 0.479 e. The number of ether oxygens (including phenoxy) is 1. The van der Waals surface area contributed by atoms with Crippen LogP contribution in [0.25, 0.3) is 0 Å². The second kappa shape index (κ2) is 7.05. The minimum Gasteiger partial charge on any atom is -0.479 e. The molecular formula is C15H14BrNO3. The maximum Gasteiger partial charge on any atom is 0.310 e. The summed E-state index contributed by atoms with van der Waals surface area (Å²) >= 11 is 3.39. The average Bonchev–Trinajstić information content (AvgIpc) is 2.48. The van der Waals surface area contributed by atoms with Crippen LogP contribution in [0.4, 0.5) is 5.69 Å². The van der Waals surface area contributed by atoms with E-state index in [0.29, 0.717) is 5.75 Å². The third-order valence-corrected chi connectivity index (χ3v) is 3.33. The van der Waals surface area contributed by atoms with E-state index in [1.807, 2.05) is 30.3 Å². The third kappa shape index (κ3) is 3.57. The molecule has 0 fully saturated rings. The summed E-state index contributed by atoms with van der Waals surface area (Å²) in [6, 6.07) is 16.2. The van der Waals surface area contributed by atoms with Gasteiger partial charge in [-0.15, -0.1) is 0 Å². The van der Waals surface area contributed by atoms with Gasteiger partial charge in [0.25, 0.3) is 0 Å². The molecule has 0 bridgehead atoms. The number of nitrogens with zero attached hydrogens (tertiary/aromatic N) is 1. The number of para-hydroxylation sites is 2. The Bertz CT molecular complexity index is 574. The van der Waals surface area contributed by atoms with E-state index in [9.17, 15) is 10.1 Å². The molecule has 0 saturated carbocycles. The quantitative estimate of drug-likeness (QED) is 0.443. The molecule has 0 aliphatic heterocycles. The Hall–Kier alpha value is -1.88. The van der Waals surface area contributed by atoms with E-state index in [1.54, 1.807) is 18.2 Å². The van der Waals surface area contributed by atoms with Gasteiger partial charge in [-0.2, -0.15) is 0 Å². The van der Waals surface area contributed by atoms with Gasteiger partial charge in [-0.3, -0.25) is 10.1 Å². The predicted octanol–water partition coefficient (Wildman–Crippen LogP) is 4.50. The van der Waals surface area contributed by atoms with Crippen molar-refractivity contribution in [1.29, 1.82) is 0 Å². The number of nitro benzene ring substituents is 1. The lowest BCUT2D eigenvalue weighted by molar-refractivity contribution is -0.386. The summed E-state index contributed by atoms with van der Waals surface area (Å²) in [6.07, 6.45) is 0.521. The standard InChI is InChI=1S/C15H14BrNO3/c16-11-10-14(12-6-2-1-3-7-12)20-15-9-5-4-8-13(15)17(18)19/h1-9,14H,10-11H2. The SMILES string of the molecule is O=[N+]([O-])c1ccccc1OC(CCBr)c1ccccc1. The van der Waals surface area contributed by atoms with Crippen molar-refractivity contribution in [3.8, 4) is 5.75 Å². The zero-order chi connectivity index (χ0) is 14.4.